The molecule has 6 nitrogen and oxygen atoms in total. The number of para-hydroxylation sites is 1. The Hall–Kier alpha value is -3.20. The molecule has 2 aliphatic rings. The third kappa shape index (κ3) is 6.43. The number of rotatable bonds is 10. The zero-order chi connectivity index (χ0) is 27.4. The number of halogens is 3. The predicted octanol–water partition coefficient (Wildman–Crippen LogP) is 5.32. The molecule has 204 valence electrons. The first kappa shape index (κ1) is 27.8. The van der Waals surface area contributed by atoms with Crippen molar-refractivity contribution in [1.82, 2.24) is 5.32 Å². The summed E-state index contributed by atoms with van der Waals surface area (Å²) in [4.78, 5) is 32.9. The van der Waals surface area contributed by atoms with Crippen molar-refractivity contribution in [2.24, 2.45) is 16.8 Å². The fourth-order valence-electron chi connectivity index (χ4n) is 4.86. The highest BCUT2D eigenvalue weighted by Gasteiger charge is 2.37. The lowest BCUT2D eigenvalue weighted by Gasteiger charge is -2.25. The number of carbonyl (C=O) groups is 2. The van der Waals surface area contributed by atoms with Gasteiger partial charge >= 0.3 is 6.18 Å². The van der Waals surface area contributed by atoms with Crippen molar-refractivity contribution in [3.8, 4) is 0 Å². The molecule has 0 spiro atoms. The summed E-state index contributed by atoms with van der Waals surface area (Å²) >= 11 is 0. The first-order valence-corrected chi connectivity index (χ1v) is 13.2. The smallest absolute Gasteiger partial charge is 0.392 e. The van der Waals surface area contributed by atoms with Gasteiger partial charge in [0.15, 0.2) is 0 Å². The number of hydrogen-bond acceptors (Lipinski definition) is 4. The maximum Gasteiger partial charge on any atom is 0.416 e. The first-order chi connectivity index (χ1) is 18.1. The van der Waals surface area contributed by atoms with E-state index < -0.39 is 41.7 Å². The van der Waals surface area contributed by atoms with Gasteiger partial charge in [-0.05, 0) is 37.0 Å². The van der Waals surface area contributed by atoms with E-state index in [1.54, 1.807) is 31.3 Å². The molecule has 1 aliphatic heterocycles. The van der Waals surface area contributed by atoms with Crippen LogP contribution in [0.4, 0.5) is 18.9 Å². The molecule has 1 heterocycles. The van der Waals surface area contributed by atoms with Gasteiger partial charge in [0, 0.05) is 18.2 Å². The van der Waals surface area contributed by atoms with Crippen molar-refractivity contribution in [2.75, 3.05) is 11.9 Å². The standard InChI is InChI=1S/C29H34F3N3O3/c1-3-4-5-10-24(36)22(17-18-11-12-18)27(37)34-26-28(38)35(2)23-9-7-6-8-21(23)25(33-26)19-13-15-20(16-14-19)29(30,31)32/h6-9,13-16,18,22,24,26,36H,3-5,10-12,17H2,1-2H3,(H,34,37)/t22-,24-,26?/m0/s1. The van der Waals surface area contributed by atoms with Crippen LogP contribution >= 0.6 is 0 Å². The number of aliphatic hydroxyl groups excluding tert-OH is 1. The number of amides is 2. The van der Waals surface area contributed by atoms with Crippen molar-refractivity contribution < 1.29 is 27.9 Å². The second-order valence-corrected chi connectivity index (χ2v) is 10.2. The Balaban J connectivity index is 1.66. The van der Waals surface area contributed by atoms with Crippen LogP contribution in [0, 0.1) is 11.8 Å². The number of nitrogens with one attached hydrogen (secondary N) is 1. The van der Waals surface area contributed by atoms with Gasteiger partial charge in [-0.2, -0.15) is 13.2 Å². The molecule has 0 bridgehead atoms. The second-order valence-electron chi connectivity index (χ2n) is 10.2. The number of benzodiazepines with no additional fused rings is 1. The number of carbonyl (C=O) groups excluding carboxylic acids is 2. The average Bonchev–Trinajstić information content (AvgIpc) is 3.73. The summed E-state index contributed by atoms with van der Waals surface area (Å²) < 4.78 is 39.5. The predicted molar refractivity (Wildman–Crippen MR) is 140 cm³/mol. The van der Waals surface area contributed by atoms with Crippen molar-refractivity contribution >= 4 is 23.2 Å². The molecule has 4 rings (SSSR count). The van der Waals surface area contributed by atoms with Crippen molar-refractivity contribution in [1.29, 1.82) is 0 Å². The molecule has 2 aromatic carbocycles. The lowest BCUT2D eigenvalue weighted by atomic mass is 9.91. The second kappa shape index (κ2) is 11.7. The molecule has 1 fully saturated rings. The largest absolute Gasteiger partial charge is 0.416 e. The highest BCUT2D eigenvalue weighted by atomic mass is 19.4. The molecule has 38 heavy (non-hydrogen) atoms. The zero-order valence-corrected chi connectivity index (χ0v) is 21.7. The molecule has 2 amide bonds. The summed E-state index contributed by atoms with van der Waals surface area (Å²) in [6.45, 7) is 2.07. The Kier molecular flexibility index (Phi) is 8.55. The van der Waals surface area contributed by atoms with Gasteiger partial charge in [-0.1, -0.05) is 69.4 Å². The van der Waals surface area contributed by atoms with Crippen LogP contribution in [0.3, 0.4) is 0 Å². The Morgan fingerprint density at radius 1 is 1.13 bits per heavy atom. The average molecular weight is 530 g/mol. The molecule has 1 saturated carbocycles. The molecule has 1 aliphatic carbocycles. The molecule has 3 atom stereocenters. The topological polar surface area (TPSA) is 82.0 Å². The van der Waals surface area contributed by atoms with E-state index in [2.05, 4.69) is 17.2 Å². The summed E-state index contributed by atoms with van der Waals surface area (Å²) in [7, 11) is 1.58. The third-order valence-electron chi connectivity index (χ3n) is 7.30. The van der Waals surface area contributed by atoms with E-state index in [1.165, 1.54) is 17.0 Å². The minimum absolute atomic E-state index is 0.305. The lowest BCUT2D eigenvalue weighted by molar-refractivity contribution is -0.137. The van der Waals surface area contributed by atoms with Crippen LogP contribution in [0.2, 0.25) is 0 Å². The quantitative estimate of drug-likeness (QED) is 0.409. The summed E-state index contributed by atoms with van der Waals surface area (Å²) in [5.74, 6) is -1.19. The van der Waals surface area contributed by atoms with Crippen LogP contribution in [-0.4, -0.2) is 41.9 Å². The Morgan fingerprint density at radius 2 is 1.82 bits per heavy atom. The third-order valence-corrected chi connectivity index (χ3v) is 7.30. The van der Waals surface area contributed by atoms with Gasteiger partial charge in [-0.15, -0.1) is 0 Å². The molecular formula is C29H34F3N3O3. The Labute approximate surface area is 220 Å². The summed E-state index contributed by atoms with van der Waals surface area (Å²) in [6, 6.07) is 11.6. The maximum atomic E-state index is 13.4. The number of aliphatic hydroxyl groups is 1. The molecule has 0 saturated heterocycles. The van der Waals surface area contributed by atoms with Crippen LogP contribution in [0.5, 0.6) is 0 Å². The summed E-state index contributed by atoms with van der Waals surface area (Å²) in [5.41, 5.74) is 0.999. The molecule has 9 heteroatoms. The van der Waals surface area contributed by atoms with E-state index in [0.29, 0.717) is 41.3 Å². The first-order valence-electron chi connectivity index (χ1n) is 13.2. The fourth-order valence-corrected chi connectivity index (χ4v) is 4.86. The van der Waals surface area contributed by atoms with Gasteiger partial charge in [-0.3, -0.25) is 9.59 Å². The van der Waals surface area contributed by atoms with E-state index in [-0.39, 0.29) is 0 Å². The highest BCUT2D eigenvalue weighted by molar-refractivity contribution is 6.20. The molecule has 0 aromatic heterocycles. The molecular weight excluding hydrogens is 495 g/mol. The fraction of sp³-hybridized carbons (Fsp3) is 0.483. The maximum absolute atomic E-state index is 13.4. The number of unbranched alkanes of at least 4 members (excludes halogenated alkanes) is 2. The van der Waals surface area contributed by atoms with E-state index in [9.17, 15) is 27.9 Å². The number of likely N-dealkylation sites (N-methyl/N-ethyl adjacent to an activating group) is 1. The molecule has 2 aromatic rings. The zero-order valence-electron chi connectivity index (χ0n) is 21.7. The van der Waals surface area contributed by atoms with Crippen molar-refractivity contribution in [3.05, 3.63) is 65.2 Å². The lowest BCUT2D eigenvalue weighted by Crippen LogP contribution is -2.49. The number of fused-ring (bicyclic) bond motifs is 1. The van der Waals surface area contributed by atoms with Crippen LogP contribution in [0.25, 0.3) is 0 Å². The van der Waals surface area contributed by atoms with E-state index in [4.69, 9.17) is 0 Å². The van der Waals surface area contributed by atoms with Gasteiger partial charge in [-0.25, -0.2) is 4.99 Å². The molecule has 2 N–H and O–H groups in total. The van der Waals surface area contributed by atoms with E-state index in [1.807, 2.05) is 0 Å². The minimum Gasteiger partial charge on any atom is -0.392 e. The van der Waals surface area contributed by atoms with Crippen molar-refractivity contribution in [2.45, 2.75) is 70.3 Å². The normalized spacial score (nSPS) is 19.3. The molecule has 0 radical (unpaired) electrons. The molecule has 1 unspecified atom stereocenters. The van der Waals surface area contributed by atoms with Gasteiger partial charge in [0.2, 0.25) is 12.1 Å². The van der Waals surface area contributed by atoms with E-state index >= 15 is 0 Å². The van der Waals surface area contributed by atoms with Crippen molar-refractivity contribution in [3.63, 3.8) is 0 Å². The van der Waals surface area contributed by atoms with Crippen LogP contribution < -0.4 is 10.2 Å². The van der Waals surface area contributed by atoms with Gasteiger partial charge in [0.05, 0.1) is 29.0 Å². The van der Waals surface area contributed by atoms with Crippen LogP contribution in [0.15, 0.2) is 53.5 Å². The number of alkyl halides is 3. The van der Waals surface area contributed by atoms with Gasteiger partial charge in [0.25, 0.3) is 5.91 Å². The Bertz CT molecular complexity index is 1180. The number of aliphatic imine (C=N–C) groups is 1. The summed E-state index contributed by atoms with van der Waals surface area (Å²) in [6.07, 6.45) is -0.751. The number of anilines is 1. The minimum atomic E-state index is -4.48. The Morgan fingerprint density at radius 3 is 2.45 bits per heavy atom. The number of hydrogen-bond donors (Lipinski definition) is 2. The highest BCUT2D eigenvalue weighted by Crippen LogP contribution is 2.37. The number of nitrogens with zero attached hydrogens (tertiary/aromatic N) is 2. The van der Waals surface area contributed by atoms with E-state index in [0.717, 1.165) is 44.2 Å². The van der Waals surface area contributed by atoms with Gasteiger partial charge < -0.3 is 15.3 Å². The monoisotopic (exact) mass is 529 g/mol. The van der Waals surface area contributed by atoms with Crippen LogP contribution in [0.1, 0.15) is 68.6 Å². The van der Waals surface area contributed by atoms with Crippen LogP contribution in [-0.2, 0) is 15.8 Å². The van der Waals surface area contributed by atoms with Gasteiger partial charge in [0.1, 0.15) is 0 Å². The number of benzene rings is 2. The summed E-state index contributed by atoms with van der Waals surface area (Å²) in [5, 5.41) is 13.6. The SMILES string of the molecule is CCCCC[C@H](O)[C@H](CC1CC1)C(=O)NC1N=C(c2ccc(C(F)(F)F)cc2)c2ccccc2N(C)C1=O.